The molecule has 1 aliphatic heterocycles. The molecule has 14 heteroatoms. The minimum atomic E-state index is -1.38. The fourth-order valence-electron chi connectivity index (χ4n) is 7.95. The molecule has 1 aliphatic rings. The van der Waals surface area contributed by atoms with Crippen LogP contribution < -0.4 is 15.4 Å². The van der Waals surface area contributed by atoms with Gasteiger partial charge in [0.15, 0.2) is 6.61 Å². The normalized spacial score (nSPS) is 14.0. The van der Waals surface area contributed by atoms with Crippen LogP contribution in [0, 0.1) is 0 Å². The van der Waals surface area contributed by atoms with Gasteiger partial charge in [0.2, 0.25) is 11.8 Å². The minimum Gasteiger partial charge on any atom is -0.481 e. The molecule has 66 heavy (non-hydrogen) atoms. The van der Waals surface area contributed by atoms with Crippen molar-refractivity contribution >= 4 is 35.8 Å². The largest absolute Gasteiger partial charge is 0.481 e. The number of carboxylic acids is 2. The van der Waals surface area contributed by atoms with Crippen LogP contribution in [0.2, 0.25) is 0 Å². The number of nitrogens with zero attached hydrogens (tertiary/aromatic N) is 2. The molecule has 0 saturated carbocycles. The Hall–Kier alpha value is -6.96. The maximum absolute atomic E-state index is 14.2. The molecule has 0 fully saturated rings. The summed E-state index contributed by atoms with van der Waals surface area (Å²) in [4.78, 5) is 82.6. The number of hydrogen-bond donors (Lipinski definition) is 4. The number of allylic oxidation sites excluding steroid dienone is 1. The molecule has 0 aliphatic carbocycles. The van der Waals surface area contributed by atoms with E-state index in [-0.39, 0.29) is 54.9 Å². The van der Waals surface area contributed by atoms with E-state index in [1.54, 1.807) is 6.92 Å². The van der Waals surface area contributed by atoms with E-state index in [0.29, 0.717) is 49.9 Å². The van der Waals surface area contributed by atoms with E-state index < -0.39 is 42.5 Å². The van der Waals surface area contributed by atoms with Crippen LogP contribution >= 0.6 is 0 Å². The maximum atomic E-state index is 14.2. The van der Waals surface area contributed by atoms with E-state index in [1.165, 1.54) is 28.0 Å². The van der Waals surface area contributed by atoms with Crippen LogP contribution in [0.15, 0.2) is 114 Å². The number of carbonyl (C=O) groups is 6. The molecule has 0 radical (unpaired) electrons. The van der Waals surface area contributed by atoms with Crippen LogP contribution in [0.1, 0.15) is 124 Å². The molecule has 350 valence electrons. The Kier molecular flexibility index (Phi) is 19.3. The predicted molar refractivity (Wildman–Crippen MR) is 250 cm³/mol. The van der Waals surface area contributed by atoms with Crippen molar-refractivity contribution in [3.63, 3.8) is 0 Å². The summed E-state index contributed by atoms with van der Waals surface area (Å²) >= 11 is 0. The number of esters is 1. The second kappa shape index (κ2) is 25.5. The van der Waals surface area contributed by atoms with Gasteiger partial charge in [0, 0.05) is 31.8 Å². The summed E-state index contributed by atoms with van der Waals surface area (Å²) in [5.74, 6) is -4.12. The first kappa shape index (κ1) is 50.0. The van der Waals surface area contributed by atoms with E-state index in [4.69, 9.17) is 14.6 Å². The summed E-state index contributed by atoms with van der Waals surface area (Å²) in [6, 6.07) is 28.8. The van der Waals surface area contributed by atoms with Crippen molar-refractivity contribution in [3.8, 4) is 16.9 Å². The van der Waals surface area contributed by atoms with Crippen molar-refractivity contribution in [2.45, 2.75) is 104 Å². The lowest BCUT2D eigenvalue weighted by Gasteiger charge is -2.35. The summed E-state index contributed by atoms with van der Waals surface area (Å²) in [7, 11) is 0. The van der Waals surface area contributed by atoms with Gasteiger partial charge in [0.1, 0.15) is 24.0 Å². The van der Waals surface area contributed by atoms with E-state index in [2.05, 4.69) is 17.6 Å². The predicted octanol–water partition coefficient (Wildman–Crippen LogP) is 9.23. The van der Waals surface area contributed by atoms with E-state index >= 15 is 0 Å². The molecule has 0 bridgehead atoms. The molecular formula is C52H62N4O10. The van der Waals surface area contributed by atoms with Gasteiger partial charge in [-0.25, -0.2) is 19.2 Å². The number of amides is 4. The molecule has 0 saturated heterocycles. The topological polar surface area (TPSA) is 192 Å². The number of benzene rings is 4. The zero-order chi connectivity index (χ0) is 47.4. The molecule has 4 N–H and O–H groups in total. The van der Waals surface area contributed by atoms with Crippen LogP contribution in [0.5, 0.6) is 5.75 Å². The molecular weight excluding hydrogens is 841 g/mol. The Balaban J connectivity index is 1.33. The third-order valence-electron chi connectivity index (χ3n) is 11.5. The van der Waals surface area contributed by atoms with Gasteiger partial charge in [-0.2, -0.15) is 0 Å². The highest BCUT2D eigenvalue weighted by Gasteiger charge is 2.37. The number of aromatic carboxylic acids is 1. The van der Waals surface area contributed by atoms with Gasteiger partial charge < -0.3 is 35.2 Å². The van der Waals surface area contributed by atoms with Crippen LogP contribution in [0.4, 0.5) is 4.79 Å². The molecule has 2 unspecified atom stereocenters. The van der Waals surface area contributed by atoms with E-state index in [0.717, 1.165) is 47.9 Å². The average molecular weight is 903 g/mol. The maximum Gasteiger partial charge on any atom is 0.341 e. The zero-order valence-electron chi connectivity index (χ0n) is 38.1. The number of urea groups is 1. The first-order chi connectivity index (χ1) is 31.9. The van der Waals surface area contributed by atoms with Crippen molar-refractivity contribution < 1.29 is 48.5 Å². The van der Waals surface area contributed by atoms with Gasteiger partial charge in [0.05, 0.1) is 11.6 Å². The highest BCUT2D eigenvalue weighted by molar-refractivity contribution is 5.95. The number of ether oxygens (including phenoxy) is 2. The standard InChI is InChI=1S/C52H62N4O10/c1-4-6-8-17-32-56(48(49(60)53-30-7-5-2)41-28-29-43(65-35-45(58)59)42(33-41)50(61)62)44(57)23-16-11-18-31-55-36(3)46(51(63)66-34-37-19-12-9-13-20-37)47(54-52(55)64)40-26-24-39(25-27-40)38-21-14-10-15-22-38/h9-10,12-15,19-22,24-29,33,47-48H,4-8,11,16-18,23,30-32,34-35H2,1-3H3,(H,53,60)(H,54,64)(H,58,59)(H,61,62). The Morgan fingerprint density at radius 3 is 2.12 bits per heavy atom. The lowest BCUT2D eigenvalue weighted by Crippen LogP contribution is -2.48. The smallest absolute Gasteiger partial charge is 0.341 e. The molecule has 2 atom stereocenters. The monoisotopic (exact) mass is 902 g/mol. The second-order valence-electron chi connectivity index (χ2n) is 16.3. The molecule has 1 heterocycles. The summed E-state index contributed by atoms with van der Waals surface area (Å²) in [5.41, 5.74) is 4.31. The van der Waals surface area contributed by atoms with Crippen molar-refractivity contribution in [3.05, 3.63) is 137 Å². The van der Waals surface area contributed by atoms with Crippen molar-refractivity contribution in [1.82, 2.24) is 20.4 Å². The Morgan fingerprint density at radius 2 is 1.45 bits per heavy atom. The third-order valence-corrected chi connectivity index (χ3v) is 11.5. The van der Waals surface area contributed by atoms with E-state index in [1.807, 2.05) is 91.9 Å². The molecule has 4 aromatic rings. The fourth-order valence-corrected chi connectivity index (χ4v) is 7.95. The number of rotatable bonds is 26. The Labute approximate surface area is 387 Å². The summed E-state index contributed by atoms with van der Waals surface area (Å²) < 4.78 is 11.1. The van der Waals surface area contributed by atoms with Gasteiger partial charge >= 0.3 is 23.9 Å². The van der Waals surface area contributed by atoms with Crippen LogP contribution in [0.25, 0.3) is 11.1 Å². The van der Waals surface area contributed by atoms with Crippen LogP contribution in [-0.4, -0.2) is 82.0 Å². The molecule has 0 aromatic heterocycles. The number of nitrogens with one attached hydrogen (secondary N) is 2. The van der Waals surface area contributed by atoms with Gasteiger partial charge in [-0.3, -0.25) is 14.5 Å². The lowest BCUT2D eigenvalue weighted by molar-refractivity contribution is -0.141. The Morgan fingerprint density at radius 1 is 0.788 bits per heavy atom. The number of aliphatic carboxylic acids is 1. The molecule has 0 spiro atoms. The first-order valence-electron chi connectivity index (χ1n) is 22.9. The number of unbranched alkanes of at least 4 members (excludes halogenated alkanes) is 6. The van der Waals surface area contributed by atoms with Crippen LogP contribution in [0.3, 0.4) is 0 Å². The highest BCUT2D eigenvalue weighted by atomic mass is 16.5. The van der Waals surface area contributed by atoms with Gasteiger partial charge in [-0.05, 0) is 72.6 Å². The number of carboxylic acid groups (broad SMARTS) is 2. The third kappa shape index (κ3) is 14.0. The summed E-state index contributed by atoms with van der Waals surface area (Å²) in [6.07, 6.45) is 6.39. The Bertz CT molecular complexity index is 2300. The zero-order valence-corrected chi connectivity index (χ0v) is 38.1. The SMILES string of the molecule is CCCCCCN(C(=O)CCCCCN1C(=O)NC(c2ccc(-c3ccccc3)cc2)C(C(=O)OCc2ccccc2)=C1C)C(C(=O)NCCCC)c1ccc(OCC(=O)O)c(C(=O)O)c1. The summed E-state index contributed by atoms with van der Waals surface area (Å²) in [5, 5.41) is 25.1. The van der Waals surface area contributed by atoms with Gasteiger partial charge in [-0.15, -0.1) is 0 Å². The fraction of sp³-hybridized carbons (Fsp3) is 0.385. The molecule has 4 amide bonds. The average Bonchev–Trinajstić information content (AvgIpc) is 3.32. The minimum absolute atomic E-state index is 0.0577. The molecule has 5 rings (SSSR count). The second-order valence-corrected chi connectivity index (χ2v) is 16.3. The van der Waals surface area contributed by atoms with Crippen molar-refractivity contribution in [2.75, 3.05) is 26.2 Å². The lowest BCUT2D eigenvalue weighted by atomic mass is 9.93. The summed E-state index contributed by atoms with van der Waals surface area (Å²) in [6.45, 7) is 5.98. The van der Waals surface area contributed by atoms with Crippen molar-refractivity contribution in [2.24, 2.45) is 0 Å². The number of hydrogen-bond acceptors (Lipinski definition) is 8. The number of carbonyl (C=O) groups excluding carboxylic acids is 4. The van der Waals surface area contributed by atoms with E-state index in [9.17, 15) is 33.9 Å². The van der Waals surface area contributed by atoms with Gasteiger partial charge in [0.25, 0.3) is 0 Å². The first-order valence-corrected chi connectivity index (χ1v) is 22.9. The molecule has 14 nitrogen and oxygen atoms in total. The molecule has 4 aromatic carbocycles. The highest BCUT2D eigenvalue weighted by Crippen LogP contribution is 2.34. The van der Waals surface area contributed by atoms with Crippen LogP contribution in [-0.2, 0) is 30.5 Å². The quantitative estimate of drug-likeness (QED) is 0.0349. The van der Waals surface area contributed by atoms with Gasteiger partial charge in [-0.1, -0.05) is 137 Å². The van der Waals surface area contributed by atoms with Crippen molar-refractivity contribution in [1.29, 1.82) is 0 Å².